The first-order valence-electron chi connectivity index (χ1n) is 8.77. The predicted octanol–water partition coefficient (Wildman–Crippen LogP) is 3.29. The first kappa shape index (κ1) is 16.5. The van der Waals surface area contributed by atoms with Gasteiger partial charge in [0.2, 0.25) is 0 Å². The molecule has 0 radical (unpaired) electrons. The van der Waals surface area contributed by atoms with Crippen LogP contribution in [0, 0.1) is 5.92 Å². The molecule has 0 bridgehead atoms. The Labute approximate surface area is 143 Å². The fourth-order valence-corrected chi connectivity index (χ4v) is 3.34. The van der Waals surface area contributed by atoms with Crippen molar-refractivity contribution in [3.8, 4) is 0 Å². The first-order valence-corrected chi connectivity index (χ1v) is 8.77. The van der Waals surface area contributed by atoms with Crippen molar-refractivity contribution in [3.63, 3.8) is 0 Å². The average molecular weight is 323 g/mol. The van der Waals surface area contributed by atoms with Crippen molar-refractivity contribution in [1.82, 2.24) is 15.2 Å². The number of nitrogens with one attached hydrogen (secondary N) is 1. The highest BCUT2D eigenvalue weighted by atomic mass is 16.2. The molecule has 1 unspecified atom stereocenters. The molecule has 1 aliphatic rings. The summed E-state index contributed by atoms with van der Waals surface area (Å²) in [5.74, 6) is 0.560. The number of hydrogen-bond donors (Lipinski definition) is 1. The number of pyridine rings is 1. The van der Waals surface area contributed by atoms with Crippen LogP contribution < -0.4 is 5.32 Å². The summed E-state index contributed by atoms with van der Waals surface area (Å²) in [5.41, 5.74) is 2.51. The molecule has 1 atom stereocenters. The van der Waals surface area contributed by atoms with Gasteiger partial charge in [0.1, 0.15) is 0 Å². The molecule has 1 fully saturated rings. The van der Waals surface area contributed by atoms with Gasteiger partial charge >= 0.3 is 6.03 Å². The molecule has 2 aromatic rings. The normalized spacial score (nSPS) is 17.5. The highest BCUT2D eigenvalue weighted by molar-refractivity contribution is 5.74. The van der Waals surface area contributed by atoms with Crippen molar-refractivity contribution < 1.29 is 4.79 Å². The molecule has 0 aliphatic carbocycles. The highest BCUT2D eigenvalue weighted by Gasteiger charge is 2.23. The van der Waals surface area contributed by atoms with Gasteiger partial charge < -0.3 is 10.2 Å². The van der Waals surface area contributed by atoms with Crippen molar-refractivity contribution in [2.45, 2.75) is 25.7 Å². The van der Waals surface area contributed by atoms with Crippen molar-refractivity contribution >= 4 is 6.03 Å². The van der Waals surface area contributed by atoms with E-state index in [1.165, 1.54) is 12.0 Å². The first-order chi connectivity index (χ1) is 11.8. The van der Waals surface area contributed by atoms with E-state index in [0.717, 1.165) is 37.9 Å². The highest BCUT2D eigenvalue weighted by Crippen LogP contribution is 2.20. The number of hydrogen-bond acceptors (Lipinski definition) is 2. The Morgan fingerprint density at radius 2 is 2.00 bits per heavy atom. The third-order valence-electron chi connectivity index (χ3n) is 4.59. The third-order valence-corrected chi connectivity index (χ3v) is 4.59. The summed E-state index contributed by atoms with van der Waals surface area (Å²) in [6, 6.07) is 14.6. The molecule has 126 valence electrons. The molecule has 2 amide bonds. The van der Waals surface area contributed by atoms with Crippen LogP contribution in [0.4, 0.5) is 4.79 Å². The quantitative estimate of drug-likeness (QED) is 0.918. The monoisotopic (exact) mass is 323 g/mol. The zero-order chi connectivity index (χ0) is 16.6. The van der Waals surface area contributed by atoms with Crippen LogP contribution in [0.2, 0.25) is 0 Å². The third kappa shape index (κ3) is 4.82. The summed E-state index contributed by atoms with van der Waals surface area (Å²) in [4.78, 5) is 18.5. The van der Waals surface area contributed by atoms with E-state index in [1.54, 1.807) is 6.20 Å². The maximum atomic E-state index is 12.4. The van der Waals surface area contributed by atoms with Crippen LogP contribution >= 0.6 is 0 Å². The molecular weight excluding hydrogens is 298 g/mol. The van der Waals surface area contributed by atoms with Gasteiger partial charge in [0.15, 0.2) is 0 Å². The molecule has 0 spiro atoms. The zero-order valence-electron chi connectivity index (χ0n) is 14.0. The lowest BCUT2D eigenvalue weighted by Gasteiger charge is -2.33. The molecule has 2 heterocycles. The Balaban J connectivity index is 1.44. The summed E-state index contributed by atoms with van der Waals surface area (Å²) in [7, 11) is 0. The number of rotatable bonds is 5. The fraction of sp³-hybridized carbons (Fsp3) is 0.400. The standard InChI is InChI=1S/C20H25N3O/c24-20(22-12-10-18-8-4-11-21-15-18)23-13-5-9-19(16-23)14-17-6-2-1-3-7-17/h1-4,6-8,11,15,19H,5,9-10,12-14,16H2,(H,22,24). The van der Waals surface area contributed by atoms with Gasteiger partial charge in [-0.1, -0.05) is 36.4 Å². The van der Waals surface area contributed by atoms with Crippen LogP contribution in [0.25, 0.3) is 0 Å². The Bertz CT molecular complexity index is 630. The van der Waals surface area contributed by atoms with E-state index < -0.39 is 0 Å². The van der Waals surface area contributed by atoms with E-state index in [0.29, 0.717) is 12.5 Å². The van der Waals surface area contributed by atoms with Crippen molar-refractivity contribution in [3.05, 3.63) is 66.0 Å². The van der Waals surface area contributed by atoms with Gasteiger partial charge in [0.25, 0.3) is 0 Å². The molecule has 1 N–H and O–H groups in total. The molecule has 1 aromatic carbocycles. The Morgan fingerprint density at radius 3 is 2.79 bits per heavy atom. The van der Waals surface area contributed by atoms with Crippen LogP contribution in [0.15, 0.2) is 54.9 Å². The van der Waals surface area contributed by atoms with Crippen LogP contribution in [0.3, 0.4) is 0 Å². The van der Waals surface area contributed by atoms with Gasteiger partial charge in [-0.25, -0.2) is 4.79 Å². The van der Waals surface area contributed by atoms with E-state index >= 15 is 0 Å². The summed E-state index contributed by atoms with van der Waals surface area (Å²) in [6.45, 7) is 2.38. The SMILES string of the molecule is O=C(NCCc1cccnc1)N1CCCC(Cc2ccccc2)C1. The molecule has 0 saturated carbocycles. The maximum absolute atomic E-state index is 12.4. The summed E-state index contributed by atoms with van der Waals surface area (Å²) in [6.07, 6.45) is 7.79. The topological polar surface area (TPSA) is 45.2 Å². The second-order valence-electron chi connectivity index (χ2n) is 6.49. The molecule has 1 aliphatic heterocycles. The molecule has 1 aromatic heterocycles. The summed E-state index contributed by atoms with van der Waals surface area (Å²) >= 11 is 0. The van der Waals surface area contributed by atoms with Gasteiger partial charge in [-0.15, -0.1) is 0 Å². The second kappa shape index (κ2) is 8.48. The summed E-state index contributed by atoms with van der Waals surface area (Å²) < 4.78 is 0. The van der Waals surface area contributed by atoms with Gasteiger partial charge in [-0.3, -0.25) is 4.98 Å². The van der Waals surface area contributed by atoms with E-state index in [-0.39, 0.29) is 6.03 Å². The lowest BCUT2D eigenvalue weighted by Crippen LogP contribution is -2.46. The molecular formula is C20H25N3O. The van der Waals surface area contributed by atoms with E-state index in [4.69, 9.17) is 0 Å². The van der Waals surface area contributed by atoms with Crippen molar-refractivity contribution in [2.75, 3.05) is 19.6 Å². The smallest absolute Gasteiger partial charge is 0.317 e. The van der Waals surface area contributed by atoms with Crippen LogP contribution in [-0.2, 0) is 12.8 Å². The van der Waals surface area contributed by atoms with Gasteiger partial charge in [-0.2, -0.15) is 0 Å². The number of carbonyl (C=O) groups is 1. The average Bonchev–Trinajstić information content (AvgIpc) is 2.64. The minimum Gasteiger partial charge on any atom is -0.338 e. The van der Waals surface area contributed by atoms with Gasteiger partial charge in [0.05, 0.1) is 0 Å². The number of amides is 2. The summed E-state index contributed by atoms with van der Waals surface area (Å²) in [5, 5.41) is 3.04. The fourth-order valence-electron chi connectivity index (χ4n) is 3.34. The van der Waals surface area contributed by atoms with E-state index in [1.807, 2.05) is 29.3 Å². The Kier molecular flexibility index (Phi) is 5.83. The molecule has 4 heteroatoms. The second-order valence-corrected chi connectivity index (χ2v) is 6.49. The Morgan fingerprint density at radius 1 is 1.17 bits per heavy atom. The van der Waals surface area contributed by atoms with Crippen molar-refractivity contribution in [1.29, 1.82) is 0 Å². The number of carbonyl (C=O) groups excluding carboxylic acids is 1. The molecule has 24 heavy (non-hydrogen) atoms. The van der Waals surface area contributed by atoms with Gasteiger partial charge in [0, 0.05) is 32.0 Å². The number of likely N-dealkylation sites (tertiary alicyclic amines) is 1. The number of nitrogens with zero attached hydrogens (tertiary/aromatic N) is 2. The molecule has 4 nitrogen and oxygen atoms in total. The minimum absolute atomic E-state index is 0.0663. The lowest BCUT2D eigenvalue weighted by atomic mass is 9.91. The number of benzene rings is 1. The van der Waals surface area contributed by atoms with Crippen LogP contribution in [0.5, 0.6) is 0 Å². The minimum atomic E-state index is 0.0663. The maximum Gasteiger partial charge on any atom is 0.317 e. The Hall–Kier alpha value is -2.36. The van der Waals surface area contributed by atoms with Gasteiger partial charge in [-0.05, 0) is 48.8 Å². The predicted molar refractivity (Wildman–Crippen MR) is 95.8 cm³/mol. The number of urea groups is 1. The van der Waals surface area contributed by atoms with E-state index in [9.17, 15) is 4.79 Å². The lowest BCUT2D eigenvalue weighted by molar-refractivity contribution is 0.165. The molecule has 3 rings (SSSR count). The van der Waals surface area contributed by atoms with Crippen LogP contribution in [0.1, 0.15) is 24.0 Å². The van der Waals surface area contributed by atoms with E-state index in [2.05, 4.69) is 34.6 Å². The zero-order valence-corrected chi connectivity index (χ0v) is 14.0. The number of aromatic nitrogens is 1. The molecule has 1 saturated heterocycles. The number of piperidine rings is 1. The largest absolute Gasteiger partial charge is 0.338 e. The van der Waals surface area contributed by atoms with Crippen molar-refractivity contribution in [2.24, 2.45) is 5.92 Å². The van der Waals surface area contributed by atoms with Crippen LogP contribution in [-0.4, -0.2) is 35.5 Å².